The van der Waals surface area contributed by atoms with Crippen molar-refractivity contribution in [3.8, 4) is 28.6 Å². The number of aromatic nitrogens is 5. The van der Waals surface area contributed by atoms with Gasteiger partial charge in [-0.15, -0.1) is 0 Å². The van der Waals surface area contributed by atoms with Crippen molar-refractivity contribution in [3.05, 3.63) is 96.2 Å². The van der Waals surface area contributed by atoms with Gasteiger partial charge in [0.1, 0.15) is 11.6 Å². The number of carbonyl (C=O) groups excluding carboxylic acids is 1. The number of pyridine rings is 1. The number of amides is 2. The molecule has 202 valence electrons. The number of nitrogens with two attached hydrogens (primary N) is 1. The third-order valence-corrected chi connectivity index (χ3v) is 5.68. The summed E-state index contributed by atoms with van der Waals surface area (Å²) in [6.45, 7) is 0. The van der Waals surface area contributed by atoms with Gasteiger partial charge in [0.25, 0.3) is 0 Å². The number of hydrogen-bond acceptors (Lipinski definition) is 7. The van der Waals surface area contributed by atoms with Gasteiger partial charge in [-0.3, -0.25) is 0 Å². The number of urea groups is 1. The number of nitrogens with zero attached hydrogens (tertiary/aromatic N) is 5. The summed E-state index contributed by atoms with van der Waals surface area (Å²) in [4.78, 5) is 24.8. The normalized spacial score (nSPS) is 11.2. The van der Waals surface area contributed by atoms with Crippen LogP contribution in [0.2, 0.25) is 5.02 Å². The number of rotatable bonds is 6. The Morgan fingerprint density at radius 2 is 1.73 bits per heavy atom. The summed E-state index contributed by atoms with van der Waals surface area (Å²) in [5.41, 5.74) is 6.87. The molecule has 2 aromatic carbocycles. The molecule has 0 radical (unpaired) electrons. The number of halogens is 4. The molecule has 0 aliphatic heterocycles. The van der Waals surface area contributed by atoms with Gasteiger partial charge in [-0.1, -0.05) is 23.7 Å². The third-order valence-electron chi connectivity index (χ3n) is 5.47. The molecule has 10 nitrogen and oxygen atoms in total. The molecule has 5 rings (SSSR count). The minimum atomic E-state index is -4.56. The Hall–Kier alpha value is -5.17. The van der Waals surface area contributed by atoms with Crippen LogP contribution in [0.4, 0.5) is 35.2 Å². The van der Waals surface area contributed by atoms with E-state index in [0.29, 0.717) is 22.2 Å². The van der Waals surface area contributed by atoms with Crippen LogP contribution in [-0.2, 0) is 6.18 Å². The van der Waals surface area contributed by atoms with Crippen molar-refractivity contribution in [1.82, 2.24) is 24.7 Å². The van der Waals surface area contributed by atoms with E-state index in [2.05, 4.69) is 30.7 Å². The summed E-state index contributed by atoms with van der Waals surface area (Å²) < 4.78 is 46.5. The molecular formula is C26H18ClF3N8O2. The molecule has 0 saturated carbocycles. The fourth-order valence-corrected chi connectivity index (χ4v) is 3.78. The van der Waals surface area contributed by atoms with Crippen LogP contribution in [-0.4, -0.2) is 30.8 Å². The zero-order chi connectivity index (χ0) is 28.3. The van der Waals surface area contributed by atoms with Crippen LogP contribution in [0.3, 0.4) is 0 Å². The number of nitrogens with one attached hydrogen (secondary N) is 2. The smallest absolute Gasteiger partial charge is 0.416 e. The number of benzene rings is 2. The molecule has 3 heterocycles. The van der Waals surface area contributed by atoms with Crippen molar-refractivity contribution in [2.24, 2.45) is 0 Å². The summed E-state index contributed by atoms with van der Waals surface area (Å²) in [5.74, 6) is 0.786. The molecule has 0 bridgehead atoms. The average molecular weight is 567 g/mol. The zero-order valence-corrected chi connectivity index (χ0v) is 21.0. The van der Waals surface area contributed by atoms with Gasteiger partial charge in [0.05, 0.1) is 40.0 Å². The Morgan fingerprint density at radius 1 is 0.975 bits per heavy atom. The van der Waals surface area contributed by atoms with Crippen LogP contribution in [0, 0.1) is 0 Å². The van der Waals surface area contributed by atoms with Gasteiger partial charge < -0.3 is 21.1 Å². The number of alkyl halides is 3. The van der Waals surface area contributed by atoms with E-state index < -0.39 is 17.8 Å². The molecule has 0 atom stereocenters. The molecule has 40 heavy (non-hydrogen) atoms. The maximum atomic E-state index is 13.2. The molecule has 0 saturated heterocycles. The molecule has 3 aromatic heterocycles. The fourth-order valence-electron chi connectivity index (χ4n) is 3.62. The van der Waals surface area contributed by atoms with Gasteiger partial charge in [0, 0.05) is 24.2 Å². The first-order valence-electron chi connectivity index (χ1n) is 11.5. The number of ether oxygens (including phenoxy) is 1. The van der Waals surface area contributed by atoms with E-state index in [1.54, 1.807) is 36.4 Å². The molecule has 2 amide bonds. The fraction of sp³-hybridized carbons (Fsp3) is 0.0385. The lowest BCUT2D eigenvalue weighted by Crippen LogP contribution is -2.21. The Morgan fingerprint density at radius 3 is 2.40 bits per heavy atom. The van der Waals surface area contributed by atoms with Crippen molar-refractivity contribution in [1.29, 1.82) is 0 Å². The van der Waals surface area contributed by atoms with E-state index in [0.717, 1.165) is 23.8 Å². The molecule has 14 heteroatoms. The van der Waals surface area contributed by atoms with Gasteiger partial charge in [0.15, 0.2) is 0 Å². The van der Waals surface area contributed by atoms with Crippen molar-refractivity contribution in [2.75, 3.05) is 16.4 Å². The second-order valence-electron chi connectivity index (χ2n) is 8.23. The van der Waals surface area contributed by atoms with E-state index in [-0.39, 0.29) is 23.1 Å². The van der Waals surface area contributed by atoms with Crippen LogP contribution in [0.15, 0.2) is 85.6 Å². The van der Waals surface area contributed by atoms with E-state index in [1.165, 1.54) is 35.7 Å². The first kappa shape index (κ1) is 26.4. The summed E-state index contributed by atoms with van der Waals surface area (Å²) in [5, 5.41) is 9.46. The van der Waals surface area contributed by atoms with E-state index >= 15 is 0 Å². The van der Waals surface area contributed by atoms with E-state index in [9.17, 15) is 18.0 Å². The predicted octanol–water partition coefficient (Wildman–Crippen LogP) is 6.42. The molecule has 0 fully saturated rings. The molecule has 4 N–H and O–H groups in total. The van der Waals surface area contributed by atoms with Gasteiger partial charge in [-0.25, -0.2) is 24.4 Å². The number of hydrogen-bond donors (Lipinski definition) is 3. The zero-order valence-electron chi connectivity index (χ0n) is 20.2. The van der Waals surface area contributed by atoms with E-state index in [1.807, 2.05) is 0 Å². The highest BCUT2D eigenvalue weighted by molar-refractivity contribution is 6.30. The van der Waals surface area contributed by atoms with Crippen molar-refractivity contribution < 1.29 is 22.7 Å². The first-order chi connectivity index (χ1) is 19.2. The molecular weight excluding hydrogens is 549 g/mol. The molecule has 0 unspecified atom stereocenters. The highest BCUT2D eigenvalue weighted by Gasteiger charge is 2.31. The minimum Gasteiger partial charge on any atom is -0.424 e. The maximum Gasteiger partial charge on any atom is 0.416 e. The Balaban J connectivity index is 1.24. The lowest BCUT2D eigenvalue weighted by molar-refractivity contribution is -0.137. The molecule has 5 aromatic rings. The van der Waals surface area contributed by atoms with Crippen LogP contribution in [0.25, 0.3) is 16.8 Å². The second-order valence-corrected chi connectivity index (χ2v) is 8.66. The Labute approximate surface area is 229 Å². The standard InChI is InChI=1S/C26H18ClF3N8O2/c27-17-11-20(23(31)32-12-17)15-2-5-19(6-3-15)40-25-33-13-18(14-34-25)36-24(39)37-21-7-4-16(26(28,29)30)10-22(21)38-9-1-8-35-38/h1-14H,(H2,31,32)(H2,36,37,39). The topological polar surface area (TPSA) is 133 Å². The largest absolute Gasteiger partial charge is 0.424 e. The SMILES string of the molecule is Nc1ncc(Cl)cc1-c1ccc(Oc2ncc(NC(=O)Nc3ccc(C(F)(F)F)cc3-n3cccn3)cn2)cc1. The molecule has 0 aliphatic rings. The van der Waals surface area contributed by atoms with Crippen LogP contribution < -0.4 is 21.1 Å². The Kier molecular flexibility index (Phi) is 7.21. The minimum absolute atomic E-state index is 0.0198. The monoisotopic (exact) mass is 566 g/mol. The van der Waals surface area contributed by atoms with Crippen molar-refractivity contribution >= 4 is 34.8 Å². The van der Waals surface area contributed by atoms with Crippen molar-refractivity contribution in [2.45, 2.75) is 6.18 Å². The third kappa shape index (κ3) is 6.10. The van der Waals surface area contributed by atoms with Gasteiger partial charge in [-0.05, 0) is 48.0 Å². The molecule has 0 aliphatic carbocycles. The highest BCUT2D eigenvalue weighted by atomic mass is 35.5. The van der Waals surface area contributed by atoms with Gasteiger partial charge in [0.2, 0.25) is 0 Å². The Bertz CT molecular complexity index is 1640. The summed E-state index contributed by atoms with van der Waals surface area (Å²) in [7, 11) is 0. The number of anilines is 3. The van der Waals surface area contributed by atoms with Crippen LogP contribution in [0.1, 0.15) is 5.56 Å². The van der Waals surface area contributed by atoms with Crippen molar-refractivity contribution in [3.63, 3.8) is 0 Å². The van der Waals surface area contributed by atoms with E-state index in [4.69, 9.17) is 22.1 Å². The van der Waals surface area contributed by atoms with Crippen LogP contribution in [0.5, 0.6) is 11.8 Å². The second kappa shape index (κ2) is 10.9. The highest BCUT2D eigenvalue weighted by Crippen LogP contribution is 2.33. The summed E-state index contributed by atoms with van der Waals surface area (Å²) >= 11 is 6.01. The summed E-state index contributed by atoms with van der Waals surface area (Å²) in [6, 6.07) is 12.4. The van der Waals surface area contributed by atoms with Crippen LogP contribution >= 0.6 is 11.6 Å². The predicted molar refractivity (Wildman–Crippen MR) is 142 cm³/mol. The van der Waals surface area contributed by atoms with Gasteiger partial charge in [-0.2, -0.15) is 18.3 Å². The number of carbonyl (C=O) groups is 1. The van der Waals surface area contributed by atoms with Gasteiger partial charge >= 0.3 is 18.2 Å². The number of nitrogen functional groups attached to an aromatic ring is 1. The quantitative estimate of drug-likeness (QED) is 0.216. The molecule has 0 spiro atoms. The average Bonchev–Trinajstić information content (AvgIpc) is 3.46. The first-order valence-corrected chi connectivity index (χ1v) is 11.8. The lowest BCUT2D eigenvalue weighted by atomic mass is 10.1. The maximum absolute atomic E-state index is 13.2. The summed E-state index contributed by atoms with van der Waals surface area (Å²) in [6.07, 6.45) is 2.40. The lowest BCUT2D eigenvalue weighted by Gasteiger charge is -2.15.